The van der Waals surface area contributed by atoms with E-state index in [9.17, 15) is 18.4 Å². The fraction of sp³-hybridized carbons (Fsp3) is 0.846. The van der Waals surface area contributed by atoms with Gasteiger partial charge in [0.15, 0.2) is 0 Å². The Kier molecular flexibility index (Phi) is 13.1. The van der Waals surface area contributed by atoms with Gasteiger partial charge in [-0.2, -0.15) is 8.78 Å². The normalized spacial score (nSPS) is 11.7. The number of hydrogen-bond acceptors (Lipinski definition) is 3. The minimum absolute atomic E-state index is 0. The van der Waals surface area contributed by atoms with Crippen molar-refractivity contribution in [1.29, 1.82) is 0 Å². The van der Waals surface area contributed by atoms with Crippen molar-refractivity contribution in [2.45, 2.75) is 65.5 Å². The molecule has 4 nitrogen and oxygen atoms in total. The van der Waals surface area contributed by atoms with Gasteiger partial charge in [0.1, 0.15) is 6.42 Å². The van der Waals surface area contributed by atoms with Crippen molar-refractivity contribution >= 4 is 28.2 Å². The molecule has 0 bridgehead atoms. The van der Waals surface area contributed by atoms with Gasteiger partial charge in [0.2, 0.25) is 5.78 Å². The molecular formula is C13H28F2LiNO3Si2. The zero-order valence-corrected chi connectivity index (χ0v) is 17.3. The third-order valence-electron chi connectivity index (χ3n) is 1.77. The summed E-state index contributed by atoms with van der Waals surface area (Å²) in [5, 5.41) is 0. The van der Waals surface area contributed by atoms with E-state index in [1.165, 1.54) is 6.92 Å². The molecule has 0 rings (SSSR count). The second-order valence-corrected chi connectivity index (χ2v) is 16.3. The summed E-state index contributed by atoms with van der Waals surface area (Å²) in [5.74, 6) is -5.78. The zero-order valence-electron chi connectivity index (χ0n) is 15.3. The number of carbonyl (C=O) groups is 2. The molecule has 0 amide bonds. The summed E-state index contributed by atoms with van der Waals surface area (Å²) in [5.41, 5.74) is 0. The van der Waals surface area contributed by atoms with Crippen molar-refractivity contribution in [3.05, 3.63) is 4.65 Å². The molecule has 0 aromatic carbocycles. The molecule has 0 atom stereocenters. The van der Waals surface area contributed by atoms with Crippen molar-refractivity contribution in [2.75, 3.05) is 6.61 Å². The van der Waals surface area contributed by atoms with E-state index >= 15 is 0 Å². The smallest absolute Gasteiger partial charge is 0.668 e. The van der Waals surface area contributed by atoms with Crippen LogP contribution >= 0.6 is 0 Å². The third kappa shape index (κ3) is 20.0. The molecule has 0 heterocycles. The number of halogens is 2. The van der Waals surface area contributed by atoms with Crippen LogP contribution in [0.3, 0.4) is 0 Å². The van der Waals surface area contributed by atoms with Crippen LogP contribution in [0.25, 0.3) is 4.65 Å². The first kappa shape index (κ1) is 26.9. The molecular weight excluding hydrogens is 319 g/mol. The Balaban J connectivity index is -0.000000326. The molecule has 0 aliphatic heterocycles. The zero-order chi connectivity index (χ0) is 17.5. The molecule has 0 radical (unpaired) electrons. The molecule has 0 aliphatic carbocycles. The van der Waals surface area contributed by atoms with Crippen LogP contribution in [0.4, 0.5) is 8.78 Å². The molecule has 0 aliphatic rings. The van der Waals surface area contributed by atoms with Gasteiger partial charge in [-0.05, 0) is 6.92 Å². The van der Waals surface area contributed by atoms with Gasteiger partial charge >= 0.3 is 30.8 Å². The third-order valence-corrected chi connectivity index (χ3v) is 7.14. The number of nitrogens with zero attached hydrogens (tertiary/aromatic N) is 1. The van der Waals surface area contributed by atoms with Crippen LogP contribution < -0.4 is 18.9 Å². The Hall–Kier alpha value is -0.00883. The molecule has 0 N–H and O–H groups in total. The average molecular weight is 347 g/mol. The van der Waals surface area contributed by atoms with E-state index < -0.39 is 40.6 Å². The van der Waals surface area contributed by atoms with Crippen LogP contribution in [0.15, 0.2) is 0 Å². The Morgan fingerprint density at radius 1 is 1.05 bits per heavy atom. The summed E-state index contributed by atoms with van der Waals surface area (Å²) >= 11 is 0. The molecule has 0 saturated carbocycles. The summed E-state index contributed by atoms with van der Waals surface area (Å²) in [4.78, 5) is 21.0. The van der Waals surface area contributed by atoms with Gasteiger partial charge in [-0.25, -0.2) is 0 Å². The number of carbonyl (C=O) groups excluding carboxylic acids is 2. The molecule has 0 saturated heterocycles. The standard InChI is InChI=1S/C7H10F2O3.C6H18NSi2.Li/c1-3-12-6(11)4-5(10)7(2,8)9;1-8(2,3)7-9(4,5)6;/h3-4H2,1-2H3;1-6H3;/q;-1;+1. The molecule has 0 aromatic rings. The topological polar surface area (TPSA) is 57.5 Å². The number of esters is 1. The molecule has 126 valence electrons. The van der Waals surface area contributed by atoms with Crippen molar-refractivity contribution in [3.8, 4) is 0 Å². The van der Waals surface area contributed by atoms with Gasteiger partial charge in [-0.15, -0.1) is 0 Å². The quantitative estimate of drug-likeness (QED) is 0.412. The second-order valence-electron chi connectivity index (χ2n) is 6.75. The molecule has 0 fully saturated rings. The number of Topliss-reactive ketones (excluding diaryl/α,β-unsaturated/α-hetero) is 1. The predicted molar refractivity (Wildman–Crippen MR) is 86.9 cm³/mol. The van der Waals surface area contributed by atoms with E-state index in [1.807, 2.05) is 0 Å². The van der Waals surface area contributed by atoms with Crippen LogP contribution in [0.1, 0.15) is 20.3 Å². The first-order chi connectivity index (χ1) is 9.08. The SMILES string of the molecule is CCOC(=O)CC(=O)C(C)(F)F.C[Si](C)(C)[N-][Si](C)(C)C.[Li+]. The first-order valence-electron chi connectivity index (χ1n) is 6.89. The molecule has 0 aromatic heterocycles. The van der Waals surface area contributed by atoms with Crippen molar-refractivity contribution < 1.29 is 42.0 Å². The van der Waals surface area contributed by atoms with Crippen LogP contribution in [0.2, 0.25) is 39.3 Å². The predicted octanol–water partition coefficient (Wildman–Crippen LogP) is 1.20. The Labute approximate surface area is 147 Å². The van der Waals surface area contributed by atoms with Gasteiger partial charge in [0.25, 0.3) is 0 Å². The van der Waals surface area contributed by atoms with E-state index in [1.54, 1.807) is 0 Å². The fourth-order valence-corrected chi connectivity index (χ4v) is 9.55. The maximum atomic E-state index is 12.2. The van der Waals surface area contributed by atoms with Crippen molar-refractivity contribution in [2.24, 2.45) is 0 Å². The van der Waals surface area contributed by atoms with Crippen LogP contribution in [0, 0.1) is 0 Å². The number of hydrogen-bond donors (Lipinski definition) is 0. The van der Waals surface area contributed by atoms with Crippen LogP contribution in [0.5, 0.6) is 0 Å². The number of rotatable bonds is 6. The van der Waals surface area contributed by atoms with Crippen molar-refractivity contribution in [1.82, 2.24) is 0 Å². The maximum Gasteiger partial charge on any atom is 1.00 e. The largest absolute Gasteiger partial charge is 1.00 e. The summed E-state index contributed by atoms with van der Waals surface area (Å²) in [6, 6.07) is 0. The fourth-order valence-electron chi connectivity index (χ4n) is 1.50. The van der Waals surface area contributed by atoms with Crippen molar-refractivity contribution in [3.63, 3.8) is 0 Å². The van der Waals surface area contributed by atoms with Gasteiger partial charge < -0.3 is 9.38 Å². The summed E-state index contributed by atoms with van der Waals surface area (Å²) in [7, 11) is -2.21. The summed E-state index contributed by atoms with van der Waals surface area (Å²) in [6.07, 6.45) is -0.864. The molecule has 9 heteroatoms. The molecule has 0 spiro atoms. The maximum absolute atomic E-state index is 12.2. The Bertz CT molecular complexity index is 339. The van der Waals surface area contributed by atoms with E-state index in [0.29, 0.717) is 6.92 Å². The van der Waals surface area contributed by atoms with E-state index in [-0.39, 0.29) is 25.5 Å². The minimum Gasteiger partial charge on any atom is -0.668 e. The van der Waals surface area contributed by atoms with Crippen LogP contribution in [-0.4, -0.2) is 40.8 Å². The van der Waals surface area contributed by atoms with Gasteiger partial charge in [0.05, 0.1) is 6.61 Å². The number of ketones is 1. The summed E-state index contributed by atoms with van der Waals surface area (Å²) in [6.45, 7) is 15.9. The van der Waals surface area contributed by atoms with Crippen LogP contribution in [-0.2, 0) is 14.3 Å². The molecule has 22 heavy (non-hydrogen) atoms. The van der Waals surface area contributed by atoms with Gasteiger partial charge in [-0.3, -0.25) is 9.59 Å². The number of ether oxygens (including phenoxy) is 1. The van der Waals surface area contributed by atoms with E-state index in [2.05, 4.69) is 44.0 Å². The monoisotopic (exact) mass is 347 g/mol. The Morgan fingerprint density at radius 3 is 1.59 bits per heavy atom. The molecule has 0 unspecified atom stereocenters. The van der Waals surface area contributed by atoms with E-state index in [4.69, 9.17) is 4.65 Å². The average Bonchev–Trinajstić information content (AvgIpc) is 2.10. The number of alkyl halides is 2. The Morgan fingerprint density at radius 2 is 1.41 bits per heavy atom. The first-order valence-corrected chi connectivity index (χ1v) is 13.8. The van der Waals surface area contributed by atoms with Gasteiger partial charge in [-0.1, -0.05) is 55.8 Å². The second kappa shape index (κ2) is 10.7. The van der Waals surface area contributed by atoms with Gasteiger partial charge in [0, 0.05) is 6.92 Å². The summed E-state index contributed by atoms with van der Waals surface area (Å²) < 4.78 is 33.5. The van der Waals surface area contributed by atoms with E-state index in [0.717, 1.165) is 0 Å². The minimum atomic E-state index is -3.45.